The second kappa shape index (κ2) is 7.47. The Hall–Kier alpha value is -2.02. The average molecular weight is 360 g/mol. The molecule has 2 aromatic rings. The Kier molecular flexibility index (Phi) is 5.32. The van der Waals surface area contributed by atoms with E-state index in [0.29, 0.717) is 29.8 Å². The zero-order chi connectivity index (χ0) is 18.0. The number of aryl methyl sites for hydroxylation is 2. The molecule has 0 aromatic carbocycles. The highest BCUT2D eigenvalue weighted by molar-refractivity contribution is 7.99. The first-order valence-electron chi connectivity index (χ1n) is 8.52. The Labute approximate surface area is 152 Å². The molecule has 1 aliphatic rings. The lowest BCUT2D eigenvalue weighted by atomic mass is 10.1. The zero-order valence-electron chi connectivity index (χ0n) is 15.2. The summed E-state index contributed by atoms with van der Waals surface area (Å²) in [5.41, 5.74) is 2.28. The van der Waals surface area contributed by atoms with E-state index in [0.717, 1.165) is 17.8 Å². The molecule has 6 nitrogen and oxygen atoms in total. The van der Waals surface area contributed by atoms with E-state index in [1.165, 1.54) is 12.8 Å². The third-order valence-electron chi connectivity index (χ3n) is 4.28. The van der Waals surface area contributed by atoms with E-state index in [4.69, 9.17) is 9.72 Å². The van der Waals surface area contributed by atoms with E-state index in [1.807, 2.05) is 23.6 Å². The van der Waals surface area contributed by atoms with Crippen molar-refractivity contribution in [3.05, 3.63) is 34.4 Å². The predicted molar refractivity (Wildman–Crippen MR) is 102 cm³/mol. The summed E-state index contributed by atoms with van der Waals surface area (Å²) in [7, 11) is 1.76. The molecule has 134 valence electrons. The molecule has 7 heteroatoms. The summed E-state index contributed by atoms with van der Waals surface area (Å²) < 4.78 is 9.59. The Morgan fingerprint density at radius 1 is 1.44 bits per heavy atom. The summed E-state index contributed by atoms with van der Waals surface area (Å²) >= 11 is 1.58. The molecule has 0 spiro atoms. The third-order valence-corrected chi connectivity index (χ3v) is 5.14. The Morgan fingerprint density at radius 3 is 2.80 bits per heavy atom. The highest BCUT2D eigenvalue weighted by Gasteiger charge is 2.23. The van der Waals surface area contributed by atoms with Crippen molar-refractivity contribution in [3.8, 4) is 17.0 Å². The van der Waals surface area contributed by atoms with Crippen LogP contribution in [0.3, 0.4) is 0 Å². The summed E-state index contributed by atoms with van der Waals surface area (Å²) in [6, 6.07) is 1.87. The first-order chi connectivity index (χ1) is 12.0. The van der Waals surface area contributed by atoms with E-state index in [2.05, 4.69) is 11.9 Å². The molecule has 0 unspecified atom stereocenters. The number of nitrogens with zero attached hydrogens (tertiary/aromatic N) is 4. The first kappa shape index (κ1) is 17.8. The average Bonchev–Trinajstić information content (AvgIpc) is 3.43. The lowest BCUT2D eigenvalue weighted by molar-refractivity contribution is 0.299. The van der Waals surface area contributed by atoms with Crippen LogP contribution in [0.5, 0.6) is 5.75 Å². The molecule has 1 fully saturated rings. The number of hydrogen-bond donors (Lipinski definition) is 0. The van der Waals surface area contributed by atoms with Crippen LogP contribution in [0, 0.1) is 12.8 Å². The van der Waals surface area contributed by atoms with Gasteiger partial charge in [-0.3, -0.25) is 9.10 Å². The third kappa shape index (κ3) is 3.98. The minimum absolute atomic E-state index is 0.00206. The number of pyridine rings is 1. The van der Waals surface area contributed by atoms with Gasteiger partial charge in [0.2, 0.25) is 5.95 Å². The van der Waals surface area contributed by atoms with E-state index in [9.17, 15) is 4.79 Å². The highest BCUT2D eigenvalue weighted by Crippen LogP contribution is 2.33. The minimum Gasteiger partial charge on any atom is -0.489 e. The molecule has 1 saturated carbocycles. The van der Waals surface area contributed by atoms with Crippen LogP contribution < -0.4 is 14.6 Å². The SMILES string of the molecule is CCN(SC)c1ncc(OCC2CC2)c(-c2cc(C)c(=O)n(C)c2)n1. The second-order valence-corrected chi connectivity index (χ2v) is 7.15. The van der Waals surface area contributed by atoms with Gasteiger partial charge in [0.15, 0.2) is 5.75 Å². The van der Waals surface area contributed by atoms with Crippen molar-refractivity contribution < 1.29 is 4.74 Å². The number of rotatable bonds is 7. The van der Waals surface area contributed by atoms with Crippen LogP contribution in [0.15, 0.2) is 23.3 Å². The topological polar surface area (TPSA) is 60.3 Å². The second-order valence-electron chi connectivity index (χ2n) is 6.34. The lowest BCUT2D eigenvalue weighted by Crippen LogP contribution is -2.19. The molecule has 2 aromatic heterocycles. The van der Waals surface area contributed by atoms with Crippen LogP contribution in [0.25, 0.3) is 11.3 Å². The van der Waals surface area contributed by atoms with Gasteiger partial charge in [-0.15, -0.1) is 0 Å². The van der Waals surface area contributed by atoms with E-state index in [-0.39, 0.29) is 5.56 Å². The molecule has 0 aliphatic heterocycles. The summed E-state index contributed by atoms with van der Waals surface area (Å²) in [5.74, 6) is 1.97. The minimum atomic E-state index is -0.00206. The fourth-order valence-electron chi connectivity index (χ4n) is 2.65. The Morgan fingerprint density at radius 2 is 2.20 bits per heavy atom. The number of aromatic nitrogens is 3. The fraction of sp³-hybridized carbons (Fsp3) is 0.500. The summed E-state index contributed by atoms with van der Waals surface area (Å²) in [6.45, 7) is 5.38. The maximum atomic E-state index is 12.0. The number of hydrogen-bond acceptors (Lipinski definition) is 6. The molecule has 3 rings (SSSR count). The van der Waals surface area contributed by atoms with Gasteiger partial charge in [-0.25, -0.2) is 9.97 Å². The van der Waals surface area contributed by atoms with Crippen molar-refractivity contribution in [2.24, 2.45) is 13.0 Å². The summed E-state index contributed by atoms with van der Waals surface area (Å²) in [4.78, 5) is 21.2. The molecule has 0 bridgehead atoms. The van der Waals surface area contributed by atoms with E-state index < -0.39 is 0 Å². The number of anilines is 1. The molecular formula is C18H24N4O2S. The molecule has 0 N–H and O–H groups in total. The molecule has 0 amide bonds. The monoisotopic (exact) mass is 360 g/mol. The molecule has 0 saturated heterocycles. The Balaban J connectivity index is 2.05. The van der Waals surface area contributed by atoms with Crippen molar-refractivity contribution in [2.45, 2.75) is 26.7 Å². The maximum Gasteiger partial charge on any atom is 0.253 e. The molecule has 25 heavy (non-hydrogen) atoms. The van der Waals surface area contributed by atoms with Crippen molar-refractivity contribution in [1.29, 1.82) is 0 Å². The molecule has 2 heterocycles. The van der Waals surface area contributed by atoms with E-state index in [1.54, 1.807) is 36.0 Å². The van der Waals surface area contributed by atoms with Crippen molar-refractivity contribution in [2.75, 3.05) is 23.7 Å². The van der Waals surface area contributed by atoms with Crippen LogP contribution in [-0.2, 0) is 7.05 Å². The number of ether oxygens (including phenoxy) is 1. The van der Waals surface area contributed by atoms with Crippen molar-refractivity contribution >= 4 is 17.9 Å². The quantitative estimate of drug-likeness (QED) is 0.707. The molecule has 0 atom stereocenters. The van der Waals surface area contributed by atoms with Gasteiger partial charge < -0.3 is 9.30 Å². The zero-order valence-corrected chi connectivity index (χ0v) is 16.0. The van der Waals surface area contributed by atoms with E-state index >= 15 is 0 Å². The van der Waals surface area contributed by atoms with Crippen LogP contribution in [0.2, 0.25) is 0 Å². The van der Waals surface area contributed by atoms with Crippen LogP contribution in [0.1, 0.15) is 25.3 Å². The normalized spacial score (nSPS) is 13.8. The molecule has 1 aliphatic carbocycles. The smallest absolute Gasteiger partial charge is 0.253 e. The predicted octanol–water partition coefficient (Wildman–Crippen LogP) is 3.04. The lowest BCUT2D eigenvalue weighted by Gasteiger charge is -2.19. The van der Waals surface area contributed by atoms with Gasteiger partial charge in [0.25, 0.3) is 5.56 Å². The van der Waals surface area contributed by atoms with Gasteiger partial charge in [0.1, 0.15) is 5.69 Å². The van der Waals surface area contributed by atoms with Gasteiger partial charge in [0.05, 0.1) is 12.8 Å². The first-order valence-corrected chi connectivity index (χ1v) is 9.70. The van der Waals surface area contributed by atoms with Gasteiger partial charge in [-0.1, -0.05) is 11.9 Å². The van der Waals surface area contributed by atoms with Gasteiger partial charge in [-0.05, 0) is 38.7 Å². The van der Waals surface area contributed by atoms with Gasteiger partial charge in [0, 0.05) is 37.2 Å². The highest BCUT2D eigenvalue weighted by atomic mass is 32.2. The molecule has 0 radical (unpaired) electrons. The Bertz CT molecular complexity index is 787. The maximum absolute atomic E-state index is 12.0. The summed E-state index contributed by atoms with van der Waals surface area (Å²) in [5, 5.41) is 0. The van der Waals surface area contributed by atoms with Crippen molar-refractivity contribution in [1.82, 2.24) is 14.5 Å². The van der Waals surface area contributed by atoms with Crippen molar-refractivity contribution in [3.63, 3.8) is 0 Å². The molecular weight excluding hydrogens is 336 g/mol. The largest absolute Gasteiger partial charge is 0.489 e. The standard InChI is InChI=1S/C18H24N4O2S/c1-5-22(25-4)18-19-9-15(24-11-13-6-7-13)16(20-18)14-8-12(2)17(23)21(3)10-14/h8-10,13H,5-7,11H2,1-4H3. The van der Waals surface area contributed by atoms with Crippen LogP contribution in [-0.4, -0.2) is 33.9 Å². The van der Waals surface area contributed by atoms with Gasteiger partial charge >= 0.3 is 0 Å². The fourth-order valence-corrected chi connectivity index (χ4v) is 3.16. The van der Waals surface area contributed by atoms with Crippen LogP contribution >= 0.6 is 11.9 Å². The van der Waals surface area contributed by atoms with Crippen LogP contribution in [0.4, 0.5) is 5.95 Å². The summed E-state index contributed by atoms with van der Waals surface area (Å²) in [6.07, 6.45) is 8.01. The van der Waals surface area contributed by atoms with Gasteiger partial charge in [-0.2, -0.15) is 0 Å².